The number of hydrogen-bond acceptors (Lipinski definition) is 7. The Morgan fingerprint density at radius 1 is 1.14 bits per heavy atom. The minimum atomic E-state index is -1.20. The van der Waals surface area contributed by atoms with Crippen LogP contribution in [0.3, 0.4) is 0 Å². The molecule has 148 valence electrons. The summed E-state index contributed by atoms with van der Waals surface area (Å²) in [6.07, 6.45) is 6.55. The van der Waals surface area contributed by atoms with Gasteiger partial charge in [0.1, 0.15) is 5.02 Å². The van der Waals surface area contributed by atoms with E-state index >= 15 is 0 Å². The second-order valence-electron chi connectivity index (χ2n) is 5.78. The van der Waals surface area contributed by atoms with Crippen molar-refractivity contribution < 1.29 is 14.7 Å². The number of nitrogens with zero attached hydrogens (tertiary/aromatic N) is 4. The molecule has 0 aliphatic heterocycles. The van der Waals surface area contributed by atoms with Crippen molar-refractivity contribution in [3.8, 4) is 0 Å². The molecule has 4 N–H and O–H groups in total. The van der Waals surface area contributed by atoms with E-state index in [0.29, 0.717) is 28.2 Å². The minimum Gasteiger partial charge on any atom is -0.478 e. The Kier molecular flexibility index (Phi) is 6.05. The second kappa shape index (κ2) is 8.85. The van der Waals surface area contributed by atoms with Gasteiger partial charge in [0, 0.05) is 36.8 Å². The van der Waals surface area contributed by atoms with Crippen LogP contribution in [0.15, 0.2) is 55.0 Å². The van der Waals surface area contributed by atoms with Crippen LogP contribution in [-0.4, -0.2) is 36.7 Å². The standard InChI is InChI=1S/C18H16ClN7O3/c1-26-10-13(8-21-26)24-18-20-9-14(19)17(25-18)23-12-4-2-3-11(7-12)22-15(27)5-6-16(28)29/h2-10H,1H3,(H,22,27)(H,28,29)(H2,20,23,24,25)/b6-5+. The van der Waals surface area contributed by atoms with Crippen LogP contribution in [0.4, 0.5) is 28.8 Å². The van der Waals surface area contributed by atoms with E-state index < -0.39 is 11.9 Å². The van der Waals surface area contributed by atoms with Crippen LogP contribution in [0.25, 0.3) is 0 Å². The van der Waals surface area contributed by atoms with Crippen LogP contribution in [0.2, 0.25) is 5.02 Å². The number of carboxylic acids is 1. The Morgan fingerprint density at radius 2 is 1.93 bits per heavy atom. The lowest BCUT2D eigenvalue weighted by atomic mass is 10.2. The molecule has 29 heavy (non-hydrogen) atoms. The van der Waals surface area contributed by atoms with Gasteiger partial charge < -0.3 is 21.1 Å². The highest BCUT2D eigenvalue weighted by Gasteiger charge is 2.08. The summed E-state index contributed by atoms with van der Waals surface area (Å²) in [7, 11) is 1.80. The maximum Gasteiger partial charge on any atom is 0.328 e. The fourth-order valence-corrected chi connectivity index (χ4v) is 2.41. The molecule has 0 atom stereocenters. The predicted molar refractivity (Wildman–Crippen MR) is 109 cm³/mol. The van der Waals surface area contributed by atoms with E-state index in [1.165, 1.54) is 6.20 Å². The molecule has 0 spiro atoms. The molecule has 0 aliphatic rings. The summed E-state index contributed by atoms with van der Waals surface area (Å²) in [5.41, 5.74) is 1.80. The Bertz CT molecular complexity index is 1080. The molecule has 2 heterocycles. The second-order valence-corrected chi connectivity index (χ2v) is 6.19. The summed E-state index contributed by atoms with van der Waals surface area (Å²) in [5, 5.41) is 21.6. The van der Waals surface area contributed by atoms with Crippen LogP contribution >= 0.6 is 11.6 Å². The number of rotatable bonds is 7. The fourth-order valence-electron chi connectivity index (χ4n) is 2.27. The molecule has 0 saturated heterocycles. The molecule has 3 aromatic rings. The maximum absolute atomic E-state index is 11.7. The monoisotopic (exact) mass is 413 g/mol. The number of carbonyl (C=O) groups excluding carboxylic acids is 1. The van der Waals surface area contributed by atoms with Crippen molar-refractivity contribution in [2.24, 2.45) is 7.05 Å². The topological polar surface area (TPSA) is 134 Å². The van der Waals surface area contributed by atoms with E-state index in [0.717, 1.165) is 17.8 Å². The normalized spacial score (nSPS) is 10.7. The highest BCUT2D eigenvalue weighted by Crippen LogP contribution is 2.26. The quantitative estimate of drug-likeness (QED) is 0.434. The molecule has 0 aliphatic carbocycles. The number of hydrogen-bond donors (Lipinski definition) is 4. The zero-order valence-corrected chi connectivity index (χ0v) is 15.9. The molecule has 3 rings (SSSR count). The average molecular weight is 414 g/mol. The van der Waals surface area contributed by atoms with Gasteiger partial charge in [-0.2, -0.15) is 10.1 Å². The Labute approximate surface area is 170 Å². The van der Waals surface area contributed by atoms with Crippen LogP contribution in [-0.2, 0) is 16.6 Å². The molecule has 0 saturated carbocycles. The van der Waals surface area contributed by atoms with E-state index in [2.05, 4.69) is 31.0 Å². The van der Waals surface area contributed by atoms with E-state index in [1.54, 1.807) is 48.4 Å². The van der Waals surface area contributed by atoms with Gasteiger partial charge in [-0.1, -0.05) is 17.7 Å². The fraction of sp³-hybridized carbons (Fsp3) is 0.0556. The summed E-state index contributed by atoms with van der Waals surface area (Å²) in [5.74, 6) is -1.08. The number of carboxylic acid groups (broad SMARTS) is 1. The first-order chi connectivity index (χ1) is 13.9. The van der Waals surface area contributed by atoms with Gasteiger partial charge in [-0.25, -0.2) is 9.78 Å². The summed E-state index contributed by atoms with van der Waals surface area (Å²) in [4.78, 5) is 30.7. The lowest BCUT2D eigenvalue weighted by Gasteiger charge is -2.11. The number of aromatic nitrogens is 4. The predicted octanol–water partition coefficient (Wildman–Crippen LogP) is 2.93. The first-order valence-corrected chi connectivity index (χ1v) is 8.64. The summed E-state index contributed by atoms with van der Waals surface area (Å²) < 4.78 is 1.64. The Balaban J connectivity index is 1.73. The van der Waals surface area contributed by atoms with Gasteiger partial charge in [-0.05, 0) is 18.2 Å². The minimum absolute atomic E-state index is 0.306. The van der Waals surface area contributed by atoms with Gasteiger partial charge in [0.2, 0.25) is 11.9 Å². The molecule has 11 heteroatoms. The van der Waals surface area contributed by atoms with Gasteiger partial charge in [-0.15, -0.1) is 0 Å². The Hall–Kier alpha value is -3.92. The van der Waals surface area contributed by atoms with Crippen molar-refractivity contribution >= 4 is 52.3 Å². The first kappa shape index (κ1) is 19.8. The molecule has 0 radical (unpaired) electrons. The largest absolute Gasteiger partial charge is 0.478 e. The summed E-state index contributed by atoms with van der Waals surface area (Å²) >= 11 is 6.18. The first-order valence-electron chi connectivity index (χ1n) is 8.26. The van der Waals surface area contributed by atoms with Crippen LogP contribution in [0.1, 0.15) is 0 Å². The third kappa shape index (κ3) is 5.78. The molecule has 0 unspecified atom stereocenters. The molecule has 2 aromatic heterocycles. The van der Waals surface area contributed by atoms with Crippen molar-refractivity contribution in [2.75, 3.05) is 16.0 Å². The number of halogens is 1. The van der Waals surface area contributed by atoms with Crippen molar-refractivity contribution in [1.29, 1.82) is 0 Å². The van der Waals surface area contributed by atoms with E-state index in [9.17, 15) is 9.59 Å². The number of anilines is 5. The van der Waals surface area contributed by atoms with Gasteiger partial charge in [0.05, 0.1) is 18.1 Å². The molecule has 0 fully saturated rings. The van der Waals surface area contributed by atoms with Gasteiger partial charge in [0.15, 0.2) is 5.82 Å². The van der Waals surface area contributed by atoms with E-state index in [-0.39, 0.29) is 0 Å². The number of benzene rings is 1. The third-order valence-corrected chi connectivity index (χ3v) is 3.75. The van der Waals surface area contributed by atoms with Crippen molar-refractivity contribution in [3.63, 3.8) is 0 Å². The summed E-state index contributed by atoms with van der Waals surface area (Å²) in [6, 6.07) is 6.78. The lowest BCUT2D eigenvalue weighted by Crippen LogP contribution is -2.09. The number of aliphatic carboxylic acids is 1. The molecule has 10 nitrogen and oxygen atoms in total. The van der Waals surface area contributed by atoms with Crippen molar-refractivity contribution in [2.45, 2.75) is 0 Å². The van der Waals surface area contributed by atoms with Crippen molar-refractivity contribution in [3.05, 3.63) is 60.0 Å². The van der Waals surface area contributed by atoms with Gasteiger partial charge in [-0.3, -0.25) is 9.48 Å². The van der Waals surface area contributed by atoms with Crippen LogP contribution in [0, 0.1) is 0 Å². The number of aryl methyl sites for hydroxylation is 1. The van der Waals surface area contributed by atoms with Crippen LogP contribution in [0.5, 0.6) is 0 Å². The number of carbonyl (C=O) groups is 2. The molecule has 0 bridgehead atoms. The SMILES string of the molecule is Cn1cc(Nc2ncc(Cl)c(Nc3cccc(NC(=O)/C=C/C(=O)O)c3)n2)cn1. The van der Waals surface area contributed by atoms with Gasteiger partial charge >= 0.3 is 5.97 Å². The average Bonchev–Trinajstić information content (AvgIpc) is 3.08. The molecular weight excluding hydrogens is 398 g/mol. The maximum atomic E-state index is 11.7. The number of nitrogens with one attached hydrogen (secondary N) is 3. The summed E-state index contributed by atoms with van der Waals surface area (Å²) in [6.45, 7) is 0. The highest BCUT2D eigenvalue weighted by atomic mass is 35.5. The molecule has 1 amide bonds. The zero-order valence-electron chi connectivity index (χ0n) is 15.1. The lowest BCUT2D eigenvalue weighted by molar-refractivity contribution is -0.131. The van der Waals surface area contributed by atoms with Crippen LogP contribution < -0.4 is 16.0 Å². The van der Waals surface area contributed by atoms with Gasteiger partial charge in [0.25, 0.3) is 0 Å². The molecular formula is C18H16ClN7O3. The number of amides is 1. The smallest absolute Gasteiger partial charge is 0.328 e. The van der Waals surface area contributed by atoms with E-state index in [1.807, 2.05) is 0 Å². The van der Waals surface area contributed by atoms with E-state index in [4.69, 9.17) is 16.7 Å². The van der Waals surface area contributed by atoms with Crippen molar-refractivity contribution in [1.82, 2.24) is 19.7 Å². The highest BCUT2D eigenvalue weighted by molar-refractivity contribution is 6.32. The molecule has 1 aromatic carbocycles. The Morgan fingerprint density at radius 3 is 2.66 bits per heavy atom. The zero-order chi connectivity index (χ0) is 20.8. The third-order valence-electron chi connectivity index (χ3n) is 3.48.